The molecule has 608 valence electrons. The van der Waals surface area contributed by atoms with Gasteiger partial charge in [0.05, 0.1) is 32.0 Å². The molecule has 106 heavy (non-hydrogen) atoms. The predicted octanol–water partition coefficient (Wildman–Crippen LogP) is 20.7. The van der Waals surface area contributed by atoms with Crippen molar-refractivity contribution in [2.24, 2.45) is 0 Å². The summed E-state index contributed by atoms with van der Waals surface area (Å²) in [5.41, 5.74) is 0. The molecule has 2 fully saturated rings. The van der Waals surface area contributed by atoms with Crippen molar-refractivity contribution in [3.05, 3.63) is 146 Å². The molecule has 0 saturated carbocycles. The molecular formula is C92H157NO13. The van der Waals surface area contributed by atoms with Gasteiger partial charge in [-0.2, -0.15) is 0 Å². The van der Waals surface area contributed by atoms with Gasteiger partial charge in [0.2, 0.25) is 5.91 Å². The number of amides is 1. The summed E-state index contributed by atoms with van der Waals surface area (Å²) in [6.45, 7) is 2.69. The second kappa shape index (κ2) is 73.7. The summed E-state index contributed by atoms with van der Waals surface area (Å²) in [4.78, 5) is 13.4. The first-order chi connectivity index (χ1) is 52.1. The lowest BCUT2D eigenvalue weighted by atomic mass is 9.97. The number of rotatable bonds is 71. The van der Waals surface area contributed by atoms with Crippen LogP contribution < -0.4 is 5.32 Å². The number of allylic oxidation sites excluding steroid dienone is 23. The monoisotopic (exact) mass is 1480 g/mol. The maximum absolute atomic E-state index is 13.4. The topological polar surface area (TPSA) is 228 Å². The first-order valence-corrected chi connectivity index (χ1v) is 43.1. The van der Waals surface area contributed by atoms with Crippen LogP contribution in [0.2, 0.25) is 0 Å². The molecule has 0 aromatic carbocycles. The van der Waals surface area contributed by atoms with Gasteiger partial charge in [0.25, 0.3) is 0 Å². The van der Waals surface area contributed by atoms with Crippen LogP contribution in [-0.4, -0.2) is 140 Å². The predicted molar refractivity (Wildman–Crippen MR) is 442 cm³/mol. The van der Waals surface area contributed by atoms with E-state index in [4.69, 9.17) is 18.9 Å². The lowest BCUT2D eigenvalue weighted by Gasteiger charge is -2.46. The molecule has 9 N–H and O–H groups in total. The highest BCUT2D eigenvalue weighted by atomic mass is 16.7. The van der Waals surface area contributed by atoms with Crippen LogP contribution in [0.3, 0.4) is 0 Å². The summed E-state index contributed by atoms with van der Waals surface area (Å²) >= 11 is 0. The maximum Gasteiger partial charge on any atom is 0.220 e. The van der Waals surface area contributed by atoms with Crippen LogP contribution in [-0.2, 0) is 23.7 Å². The average Bonchev–Trinajstić information content (AvgIpc) is 0.789. The van der Waals surface area contributed by atoms with E-state index >= 15 is 0 Å². The first-order valence-electron chi connectivity index (χ1n) is 43.1. The Balaban J connectivity index is 1.63. The van der Waals surface area contributed by atoms with E-state index in [0.29, 0.717) is 12.8 Å². The Morgan fingerprint density at radius 1 is 0.349 bits per heavy atom. The maximum atomic E-state index is 13.4. The van der Waals surface area contributed by atoms with Crippen molar-refractivity contribution in [3.8, 4) is 0 Å². The normalized spacial score (nSPS) is 22.1. The molecule has 0 aromatic rings. The Hall–Kier alpha value is -4.13. The molecule has 0 spiro atoms. The molecule has 2 heterocycles. The minimum atomic E-state index is -1.80. The number of carbonyl (C=O) groups excluding carboxylic acids is 1. The molecule has 14 nitrogen and oxygen atoms in total. The highest BCUT2D eigenvalue weighted by Crippen LogP contribution is 2.30. The van der Waals surface area contributed by atoms with Gasteiger partial charge in [-0.25, -0.2) is 0 Å². The summed E-state index contributed by atoms with van der Waals surface area (Å²) in [5, 5.41) is 87.8. The molecule has 2 rings (SSSR count). The summed E-state index contributed by atoms with van der Waals surface area (Å²) < 4.78 is 22.9. The third-order valence-electron chi connectivity index (χ3n) is 20.0. The molecular weight excluding hydrogens is 1330 g/mol. The molecule has 12 unspecified atom stereocenters. The Bertz CT molecular complexity index is 2350. The van der Waals surface area contributed by atoms with Gasteiger partial charge in [0, 0.05) is 6.42 Å². The quantitative estimate of drug-likeness (QED) is 0.0204. The number of ether oxygens (including phenoxy) is 4. The smallest absolute Gasteiger partial charge is 0.220 e. The third-order valence-corrected chi connectivity index (χ3v) is 20.0. The van der Waals surface area contributed by atoms with Crippen LogP contribution in [0, 0.1) is 0 Å². The van der Waals surface area contributed by atoms with Gasteiger partial charge in [0.1, 0.15) is 48.8 Å². The van der Waals surface area contributed by atoms with Crippen molar-refractivity contribution in [1.82, 2.24) is 5.32 Å². The number of hydrogen-bond donors (Lipinski definition) is 9. The van der Waals surface area contributed by atoms with Crippen molar-refractivity contribution >= 4 is 5.91 Å². The Labute approximate surface area is 646 Å². The molecule has 2 saturated heterocycles. The number of unbranched alkanes of at least 4 members (excludes halogenated alkanes) is 36. The molecule has 1 amide bonds. The van der Waals surface area contributed by atoms with Gasteiger partial charge in [-0.05, 0) is 116 Å². The van der Waals surface area contributed by atoms with Gasteiger partial charge in [-0.1, -0.05) is 359 Å². The van der Waals surface area contributed by atoms with E-state index < -0.39 is 86.8 Å². The zero-order valence-corrected chi connectivity index (χ0v) is 66.9. The van der Waals surface area contributed by atoms with Gasteiger partial charge in [0.15, 0.2) is 12.6 Å². The SMILES string of the molecule is CC/C=C\C/C=C\C/C=C\C/C=C\C/C=C\C/C=C\C/C=C\C/C=C\C/C=C\CCCCCCCCCCCCCC(=O)NC(COC1OC(CO)C(OC2OC(CO)C(O)C(O)C2O)C(O)C1O)C(O)/C=C/CC/C=C/CC/C=C/CCCCCCCCCCCCCCCCCCCCCCCCC. The fourth-order valence-electron chi connectivity index (χ4n) is 13.3. The van der Waals surface area contributed by atoms with Crippen molar-refractivity contribution in [2.45, 2.75) is 408 Å². The van der Waals surface area contributed by atoms with Crippen molar-refractivity contribution in [3.63, 3.8) is 0 Å². The fraction of sp³-hybridized carbons (Fsp3) is 0.728. The first kappa shape index (κ1) is 97.9. The molecule has 0 aromatic heterocycles. The van der Waals surface area contributed by atoms with E-state index in [-0.39, 0.29) is 18.9 Å². The van der Waals surface area contributed by atoms with E-state index in [1.807, 2.05) is 6.08 Å². The fourth-order valence-corrected chi connectivity index (χ4v) is 13.3. The molecule has 0 radical (unpaired) electrons. The third kappa shape index (κ3) is 55.3. The van der Waals surface area contributed by atoms with Crippen molar-refractivity contribution in [1.29, 1.82) is 0 Å². The number of nitrogens with one attached hydrogen (secondary N) is 1. The van der Waals surface area contributed by atoms with Gasteiger partial charge in [-0.3, -0.25) is 4.79 Å². The second-order valence-electron chi connectivity index (χ2n) is 29.6. The van der Waals surface area contributed by atoms with E-state index in [1.165, 1.54) is 193 Å². The summed E-state index contributed by atoms with van der Waals surface area (Å²) in [6, 6.07) is -0.952. The van der Waals surface area contributed by atoms with Crippen LogP contribution in [0.5, 0.6) is 0 Å². The highest BCUT2D eigenvalue weighted by Gasteiger charge is 2.51. The highest BCUT2D eigenvalue weighted by molar-refractivity contribution is 5.76. The van der Waals surface area contributed by atoms with Crippen LogP contribution in [0.25, 0.3) is 0 Å². The van der Waals surface area contributed by atoms with E-state index in [0.717, 1.165) is 109 Å². The molecule has 2 aliphatic rings. The lowest BCUT2D eigenvalue weighted by molar-refractivity contribution is -0.359. The minimum Gasteiger partial charge on any atom is -0.394 e. The summed E-state index contributed by atoms with van der Waals surface area (Å²) in [7, 11) is 0. The number of hydrogen-bond acceptors (Lipinski definition) is 13. The number of carbonyl (C=O) groups is 1. The van der Waals surface area contributed by atoms with Crippen LogP contribution in [0.15, 0.2) is 146 Å². The van der Waals surface area contributed by atoms with Crippen molar-refractivity contribution < 1.29 is 64.6 Å². The second-order valence-corrected chi connectivity index (χ2v) is 29.6. The standard InChI is InChI=1S/C92H157NO13/c1-3-5-7-9-11-13-15-17-19-21-23-25-27-29-31-33-35-37-38-39-40-41-42-44-46-48-50-52-54-56-58-60-62-64-66-68-70-72-74-76-84(97)93-80(79-103-91-89(102)87(100)90(83(78-95)105-91)106-92-88(101)86(99)85(98)82(77-94)104-92)81(96)75-73-71-69-67-65-63-61-59-57-55-53-51-49-47-45-43-36-34-32-30-28-26-24-22-20-18-16-14-12-10-8-6-4-2/h5,7,11,13,17,19,23,25,29,31,35,37,39-40,42,44,48,50,57,59,65,67,73,75,80-83,85-92,94-96,98-102H,3-4,6,8-10,12,14-16,18,20-22,24,26-28,30,32-34,36,38,41,43,45-47,49,51-56,58,60-64,66,68-72,74,76-79H2,1-2H3,(H,93,97)/b7-5-,13-11-,19-17-,25-23-,31-29-,37-35-,40-39-,44-42-,50-48-,59-57+,67-65+,75-73+. The van der Waals surface area contributed by atoms with Gasteiger partial charge < -0.3 is 65.1 Å². The lowest BCUT2D eigenvalue weighted by Crippen LogP contribution is -2.65. The van der Waals surface area contributed by atoms with E-state index in [1.54, 1.807) is 6.08 Å². The molecule has 12 atom stereocenters. The van der Waals surface area contributed by atoms with Crippen LogP contribution >= 0.6 is 0 Å². The Morgan fingerprint density at radius 2 is 0.660 bits per heavy atom. The summed E-state index contributed by atoms with van der Waals surface area (Å²) in [6.07, 6.45) is 95.1. The van der Waals surface area contributed by atoms with Gasteiger partial charge in [-0.15, -0.1) is 0 Å². The zero-order valence-electron chi connectivity index (χ0n) is 66.9. The molecule has 0 bridgehead atoms. The van der Waals surface area contributed by atoms with E-state index in [9.17, 15) is 45.6 Å². The van der Waals surface area contributed by atoms with Gasteiger partial charge >= 0.3 is 0 Å². The number of aliphatic hydroxyl groups is 8. The molecule has 2 aliphatic heterocycles. The Morgan fingerprint density at radius 3 is 1.04 bits per heavy atom. The van der Waals surface area contributed by atoms with E-state index in [2.05, 4.69) is 153 Å². The Kier molecular flexibility index (Phi) is 68.1. The van der Waals surface area contributed by atoms with Crippen LogP contribution in [0.4, 0.5) is 0 Å². The number of aliphatic hydroxyl groups excluding tert-OH is 8. The average molecular weight is 1490 g/mol. The summed E-state index contributed by atoms with van der Waals surface area (Å²) in [5.74, 6) is -0.259. The minimum absolute atomic E-state index is 0.258. The molecule has 14 heteroatoms. The zero-order chi connectivity index (χ0) is 76.5. The molecule has 0 aliphatic carbocycles. The van der Waals surface area contributed by atoms with Crippen LogP contribution in [0.1, 0.15) is 335 Å². The largest absolute Gasteiger partial charge is 0.394 e. The van der Waals surface area contributed by atoms with Crippen molar-refractivity contribution in [2.75, 3.05) is 19.8 Å².